The smallest absolute Gasteiger partial charge is 0.149 e. The van der Waals surface area contributed by atoms with Gasteiger partial charge in [-0.25, -0.2) is 4.98 Å². The second-order valence-electron chi connectivity index (χ2n) is 4.44. The number of nitrogens with zero attached hydrogens (tertiary/aromatic N) is 2. The highest BCUT2D eigenvalue weighted by Crippen LogP contribution is 2.18. The quantitative estimate of drug-likeness (QED) is 0.704. The van der Waals surface area contributed by atoms with Gasteiger partial charge < -0.3 is 11.1 Å². The Bertz CT molecular complexity index is 518. The van der Waals surface area contributed by atoms with Crippen LogP contribution in [0.25, 0.3) is 0 Å². The van der Waals surface area contributed by atoms with Gasteiger partial charge in [-0.1, -0.05) is 0 Å². The molecule has 4 N–H and O–H groups in total. The molecule has 2 aromatic heterocycles. The predicted molar refractivity (Wildman–Crippen MR) is 73.5 cm³/mol. The van der Waals surface area contributed by atoms with Crippen molar-refractivity contribution in [3.05, 3.63) is 35.3 Å². The molecule has 96 valence electrons. The molecule has 0 aliphatic rings. The van der Waals surface area contributed by atoms with Crippen LogP contribution >= 0.6 is 0 Å². The first kappa shape index (κ1) is 12.4. The van der Waals surface area contributed by atoms with Gasteiger partial charge >= 0.3 is 0 Å². The SMILES string of the molecule is Cc1ccnc(NCCCc2cn[nH]c2C)c1N. The summed E-state index contributed by atoms with van der Waals surface area (Å²) in [5.41, 5.74) is 10.1. The third kappa shape index (κ3) is 2.80. The van der Waals surface area contributed by atoms with E-state index in [0.717, 1.165) is 42.1 Å². The average molecular weight is 245 g/mol. The molecule has 2 aromatic rings. The summed E-state index contributed by atoms with van der Waals surface area (Å²) >= 11 is 0. The lowest BCUT2D eigenvalue weighted by molar-refractivity contribution is 0.854. The topological polar surface area (TPSA) is 79.6 Å². The third-order valence-electron chi connectivity index (χ3n) is 3.06. The van der Waals surface area contributed by atoms with Crippen molar-refractivity contribution in [3.63, 3.8) is 0 Å². The summed E-state index contributed by atoms with van der Waals surface area (Å²) in [5.74, 6) is 0.777. The number of aromatic amines is 1. The summed E-state index contributed by atoms with van der Waals surface area (Å²) < 4.78 is 0. The second kappa shape index (κ2) is 5.53. The first-order valence-electron chi connectivity index (χ1n) is 6.12. The minimum Gasteiger partial charge on any atom is -0.396 e. The minimum atomic E-state index is 0.733. The third-order valence-corrected chi connectivity index (χ3v) is 3.06. The van der Waals surface area contributed by atoms with Crippen molar-refractivity contribution in [2.75, 3.05) is 17.6 Å². The molecule has 0 radical (unpaired) electrons. The number of hydrogen-bond donors (Lipinski definition) is 3. The number of nitrogens with two attached hydrogens (primary N) is 1. The normalized spacial score (nSPS) is 10.6. The van der Waals surface area contributed by atoms with Crippen molar-refractivity contribution in [2.45, 2.75) is 26.7 Å². The molecule has 2 rings (SSSR count). The van der Waals surface area contributed by atoms with E-state index in [1.807, 2.05) is 26.1 Å². The van der Waals surface area contributed by atoms with Crippen molar-refractivity contribution >= 4 is 11.5 Å². The summed E-state index contributed by atoms with van der Waals surface area (Å²) in [6.07, 6.45) is 5.68. The van der Waals surface area contributed by atoms with E-state index in [0.29, 0.717) is 0 Å². The summed E-state index contributed by atoms with van der Waals surface area (Å²) in [6.45, 7) is 4.87. The van der Waals surface area contributed by atoms with Gasteiger partial charge in [0.2, 0.25) is 0 Å². The molecule has 0 amide bonds. The van der Waals surface area contributed by atoms with Crippen LogP contribution in [0.5, 0.6) is 0 Å². The number of aromatic nitrogens is 3. The first-order valence-corrected chi connectivity index (χ1v) is 6.12. The Kier molecular flexibility index (Phi) is 3.82. The molecule has 5 nitrogen and oxygen atoms in total. The monoisotopic (exact) mass is 245 g/mol. The Labute approximate surface area is 107 Å². The maximum absolute atomic E-state index is 5.94. The molecule has 0 aliphatic carbocycles. The molecule has 0 saturated carbocycles. The number of anilines is 2. The zero-order valence-electron chi connectivity index (χ0n) is 10.8. The van der Waals surface area contributed by atoms with Gasteiger partial charge in [0, 0.05) is 18.4 Å². The fraction of sp³-hybridized carbons (Fsp3) is 0.385. The van der Waals surface area contributed by atoms with E-state index in [4.69, 9.17) is 5.73 Å². The Morgan fingerprint density at radius 1 is 1.39 bits per heavy atom. The Hall–Kier alpha value is -2.04. The summed E-state index contributed by atoms with van der Waals surface area (Å²) in [7, 11) is 0. The van der Waals surface area contributed by atoms with Crippen LogP contribution in [0.3, 0.4) is 0 Å². The van der Waals surface area contributed by atoms with Crippen LogP contribution in [0.2, 0.25) is 0 Å². The highest BCUT2D eigenvalue weighted by atomic mass is 15.1. The highest BCUT2D eigenvalue weighted by Gasteiger charge is 2.03. The second-order valence-corrected chi connectivity index (χ2v) is 4.44. The van der Waals surface area contributed by atoms with Crippen LogP contribution < -0.4 is 11.1 Å². The van der Waals surface area contributed by atoms with Crippen LogP contribution in [-0.2, 0) is 6.42 Å². The van der Waals surface area contributed by atoms with E-state index in [1.165, 1.54) is 5.56 Å². The molecule has 0 fully saturated rings. The highest BCUT2D eigenvalue weighted by molar-refractivity contribution is 5.64. The minimum absolute atomic E-state index is 0.733. The van der Waals surface area contributed by atoms with E-state index in [-0.39, 0.29) is 0 Å². The standard InChI is InChI=1S/C13H19N5/c1-9-5-7-16-13(12(9)14)15-6-3-4-11-8-17-18-10(11)2/h5,7-8H,3-4,6,14H2,1-2H3,(H,15,16)(H,17,18). The van der Waals surface area contributed by atoms with Gasteiger partial charge in [0.15, 0.2) is 0 Å². The van der Waals surface area contributed by atoms with Crippen LogP contribution in [0.1, 0.15) is 23.2 Å². The molecule has 0 aromatic carbocycles. The molecule has 0 atom stereocenters. The Morgan fingerprint density at radius 2 is 2.22 bits per heavy atom. The maximum atomic E-state index is 5.94. The number of hydrogen-bond acceptors (Lipinski definition) is 4. The lowest BCUT2D eigenvalue weighted by atomic mass is 10.1. The number of nitrogens with one attached hydrogen (secondary N) is 2. The van der Waals surface area contributed by atoms with Gasteiger partial charge in [0.25, 0.3) is 0 Å². The van der Waals surface area contributed by atoms with Crippen LogP contribution in [0, 0.1) is 13.8 Å². The lowest BCUT2D eigenvalue weighted by Gasteiger charge is -2.09. The van der Waals surface area contributed by atoms with Gasteiger partial charge in [-0.05, 0) is 43.9 Å². The van der Waals surface area contributed by atoms with Crippen LogP contribution in [0.15, 0.2) is 18.5 Å². The lowest BCUT2D eigenvalue weighted by Crippen LogP contribution is -2.08. The van der Waals surface area contributed by atoms with Crippen molar-refractivity contribution in [1.29, 1.82) is 0 Å². The van der Waals surface area contributed by atoms with Crippen molar-refractivity contribution in [1.82, 2.24) is 15.2 Å². The first-order chi connectivity index (χ1) is 8.68. The summed E-state index contributed by atoms with van der Waals surface area (Å²) in [4.78, 5) is 4.24. The predicted octanol–water partition coefficient (Wildman–Crippen LogP) is 2.05. The van der Waals surface area contributed by atoms with Crippen molar-refractivity contribution in [2.24, 2.45) is 0 Å². The maximum Gasteiger partial charge on any atom is 0.149 e. The zero-order valence-corrected chi connectivity index (χ0v) is 10.8. The molecule has 5 heteroatoms. The Morgan fingerprint density at radius 3 is 2.94 bits per heavy atom. The van der Waals surface area contributed by atoms with Crippen LogP contribution in [-0.4, -0.2) is 21.7 Å². The van der Waals surface area contributed by atoms with Crippen LogP contribution in [0.4, 0.5) is 11.5 Å². The zero-order chi connectivity index (χ0) is 13.0. The molecule has 18 heavy (non-hydrogen) atoms. The number of H-pyrrole nitrogens is 1. The van der Waals surface area contributed by atoms with Crippen molar-refractivity contribution < 1.29 is 0 Å². The molecule has 2 heterocycles. The molecule has 0 bridgehead atoms. The largest absolute Gasteiger partial charge is 0.396 e. The van der Waals surface area contributed by atoms with E-state index in [1.54, 1.807) is 6.20 Å². The van der Waals surface area contributed by atoms with Gasteiger partial charge in [-0.3, -0.25) is 5.10 Å². The number of aryl methyl sites for hydroxylation is 3. The molecule has 0 aliphatic heterocycles. The number of pyridine rings is 1. The molecular weight excluding hydrogens is 226 g/mol. The van der Waals surface area contributed by atoms with E-state index in [2.05, 4.69) is 20.5 Å². The number of nitrogen functional groups attached to an aromatic ring is 1. The molecule has 0 unspecified atom stereocenters. The van der Waals surface area contributed by atoms with Crippen molar-refractivity contribution in [3.8, 4) is 0 Å². The van der Waals surface area contributed by atoms with Gasteiger partial charge in [-0.2, -0.15) is 5.10 Å². The van der Waals surface area contributed by atoms with E-state index < -0.39 is 0 Å². The fourth-order valence-corrected chi connectivity index (χ4v) is 1.82. The molecule has 0 spiro atoms. The summed E-state index contributed by atoms with van der Waals surface area (Å²) in [5, 5.41) is 10.2. The van der Waals surface area contributed by atoms with E-state index in [9.17, 15) is 0 Å². The van der Waals surface area contributed by atoms with Gasteiger partial charge in [0.1, 0.15) is 5.82 Å². The fourth-order valence-electron chi connectivity index (χ4n) is 1.82. The summed E-state index contributed by atoms with van der Waals surface area (Å²) in [6, 6.07) is 1.91. The van der Waals surface area contributed by atoms with Gasteiger partial charge in [-0.15, -0.1) is 0 Å². The molecular formula is C13H19N5. The Balaban J connectivity index is 1.82. The number of rotatable bonds is 5. The van der Waals surface area contributed by atoms with Gasteiger partial charge in [0.05, 0.1) is 11.9 Å². The average Bonchev–Trinajstić information content (AvgIpc) is 2.76. The van der Waals surface area contributed by atoms with E-state index >= 15 is 0 Å². The molecule has 0 saturated heterocycles.